The minimum absolute atomic E-state index is 0.0742. The van der Waals surface area contributed by atoms with Crippen LogP contribution in [0.15, 0.2) is 28.0 Å². The number of primary sulfonamides is 1. The molecule has 10 nitrogen and oxygen atoms in total. The molecule has 20 heavy (non-hydrogen) atoms. The fourth-order valence-electron chi connectivity index (χ4n) is 1.60. The lowest BCUT2D eigenvalue weighted by Crippen LogP contribution is -2.51. The van der Waals surface area contributed by atoms with Crippen LogP contribution in [0, 0.1) is 0 Å². The van der Waals surface area contributed by atoms with Gasteiger partial charge >= 0.3 is 0 Å². The number of nitrogens with two attached hydrogens (primary N) is 2. The molecule has 1 aliphatic heterocycles. The molecule has 1 heterocycles. The Labute approximate surface area is 115 Å². The third kappa shape index (κ3) is 2.83. The third-order valence-electron chi connectivity index (χ3n) is 2.50. The molecular formula is C7H10N4O6S3. The second-order valence-electron chi connectivity index (χ2n) is 3.96. The largest absolute Gasteiger partial charge is 0.290 e. The van der Waals surface area contributed by atoms with E-state index < -0.39 is 35.2 Å². The van der Waals surface area contributed by atoms with E-state index in [9.17, 15) is 25.3 Å². The highest BCUT2D eigenvalue weighted by Crippen LogP contribution is 2.25. The van der Waals surface area contributed by atoms with Gasteiger partial charge in [-0.05, 0) is 17.7 Å². The Morgan fingerprint density at radius 2 is 1.75 bits per heavy atom. The summed E-state index contributed by atoms with van der Waals surface area (Å²) in [5.74, 6) is 0. The molecule has 0 atom stereocenters. The van der Waals surface area contributed by atoms with Crippen LogP contribution in [0.1, 0.15) is 5.56 Å². The Bertz CT molecular complexity index is 873. The summed E-state index contributed by atoms with van der Waals surface area (Å²) in [7, 11) is -12.6. The molecule has 0 aromatic heterocycles. The van der Waals surface area contributed by atoms with E-state index in [0.717, 1.165) is 18.2 Å². The summed E-state index contributed by atoms with van der Waals surface area (Å²) in [5, 5.41) is 9.75. The monoisotopic (exact) mass is 342 g/mol. The lowest BCUT2D eigenvalue weighted by atomic mass is 10.2. The first kappa shape index (κ1) is 15.3. The van der Waals surface area contributed by atoms with Crippen molar-refractivity contribution in [2.45, 2.75) is 16.3 Å². The van der Waals surface area contributed by atoms with Crippen LogP contribution in [-0.2, 0) is 36.8 Å². The van der Waals surface area contributed by atoms with Crippen molar-refractivity contribution in [2.24, 2.45) is 10.3 Å². The van der Waals surface area contributed by atoms with E-state index in [1.165, 1.54) is 0 Å². The summed E-state index contributed by atoms with van der Waals surface area (Å²) in [6.07, 6.45) is 0. The number of hydrazine groups is 1. The van der Waals surface area contributed by atoms with Crippen LogP contribution in [0.5, 0.6) is 0 Å². The van der Waals surface area contributed by atoms with Crippen LogP contribution in [-0.4, -0.2) is 29.7 Å². The maximum atomic E-state index is 11.9. The Balaban J connectivity index is 2.64. The number of rotatable bonds is 2. The zero-order chi connectivity index (χ0) is 15.3. The van der Waals surface area contributed by atoms with Gasteiger partial charge in [0.05, 0.1) is 16.3 Å². The minimum atomic E-state index is -4.28. The van der Waals surface area contributed by atoms with Crippen molar-refractivity contribution < 1.29 is 25.3 Å². The summed E-state index contributed by atoms with van der Waals surface area (Å²) < 4.78 is 68.9. The molecule has 0 spiro atoms. The third-order valence-corrected chi connectivity index (χ3v) is 5.78. The van der Waals surface area contributed by atoms with Crippen molar-refractivity contribution in [3.05, 3.63) is 23.8 Å². The average molecular weight is 342 g/mol. The Kier molecular flexibility index (Phi) is 3.41. The Hall–Kier alpha value is -1.09. The molecule has 0 unspecified atom stereocenters. The van der Waals surface area contributed by atoms with Gasteiger partial charge in [0, 0.05) is 0 Å². The SMILES string of the molecule is NS(=O)(=O)c1ccc2c(c1)S(=O)(=O)NN(S(N)(=O)=O)C2. The van der Waals surface area contributed by atoms with E-state index in [1.54, 1.807) is 4.83 Å². The van der Waals surface area contributed by atoms with Gasteiger partial charge in [0.25, 0.3) is 20.2 Å². The number of benzene rings is 1. The quantitative estimate of drug-likeness (QED) is 0.538. The molecule has 0 fully saturated rings. The maximum Gasteiger partial charge on any atom is 0.290 e. The van der Waals surface area contributed by atoms with Crippen molar-refractivity contribution >= 4 is 30.3 Å². The lowest BCUT2D eigenvalue weighted by Gasteiger charge is -2.26. The van der Waals surface area contributed by atoms with E-state index >= 15 is 0 Å². The van der Waals surface area contributed by atoms with Crippen molar-refractivity contribution in [3.63, 3.8) is 0 Å². The van der Waals surface area contributed by atoms with Gasteiger partial charge in [-0.1, -0.05) is 6.07 Å². The second kappa shape index (κ2) is 4.45. The standard InChI is InChI=1S/C7H10N4O6S3/c8-18(12,13)6-2-1-5-4-11(20(9,16)17)10-19(14,15)7(5)3-6/h1-3,10H,4H2,(H2,8,12,13)(H2,9,16,17). The molecule has 0 saturated carbocycles. The van der Waals surface area contributed by atoms with Crippen LogP contribution >= 0.6 is 0 Å². The molecule has 13 heteroatoms. The van der Waals surface area contributed by atoms with Crippen molar-refractivity contribution in [1.82, 2.24) is 9.25 Å². The summed E-state index contributed by atoms with van der Waals surface area (Å²) in [6.45, 7) is -0.363. The van der Waals surface area contributed by atoms with Gasteiger partial charge in [-0.2, -0.15) is 8.42 Å². The summed E-state index contributed by atoms with van der Waals surface area (Å²) in [4.78, 5) is 0.956. The fourth-order valence-corrected chi connectivity index (χ4v) is 4.44. The molecule has 0 aliphatic carbocycles. The van der Waals surface area contributed by atoms with Gasteiger partial charge in [-0.25, -0.2) is 27.1 Å². The molecule has 112 valence electrons. The van der Waals surface area contributed by atoms with Crippen molar-refractivity contribution in [1.29, 1.82) is 0 Å². The summed E-state index contributed by atoms with van der Waals surface area (Å²) in [6, 6.07) is 3.09. The summed E-state index contributed by atoms with van der Waals surface area (Å²) in [5.41, 5.74) is 0.0742. The van der Waals surface area contributed by atoms with E-state index in [-0.39, 0.29) is 17.0 Å². The number of nitrogens with one attached hydrogen (secondary N) is 1. The van der Waals surface area contributed by atoms with Crippen LogP contribution in [0.3, 0.4) is 0 Å². The van der Waals surface area contributed by atoms with E-state index in [4.69, 9.17) is 10.3 Å². The highest BCUT2D eigenvalue weighted by atomic mass is 32.2. The number of nitrogens with zero attached hydrogens (tertiary/aromatic N) is 1. The molecule has 1 aliphatic rings. The minimum Gasteiger partial charge on any atom is -0.225 e. The predicted octanol–water partition coefficient (Wildman–Crippen LogP) is -2.45. The molecule has 0 saturated heterocycles. The van der Waals surface area contributed by atoms with Crippen LogP contribution in [0.4, 0.5) is 0 Å². The molecule has 0 radical (unpaired) electrons. The van der Waals surface area contributed by atoms with Crippen LogP contribution in [0.25, 0.3) is 0 Å². The molecule has 1 aromatic rings. The molecule has 0 amide bonds. The van der Waals surface area contributed by atoms with Gasteiger partial charge in [-0.3, -0.25) is 0 Å². The second-order valence-corrected chi connectivity index (χ2v) is 8.62. The number of sulfonamides is 2. The zero-order valence-corrected chi connectivity index (χ0v) is 12.2. The molecule has 0 bridgehead atoms. The first-order chi connectivity index (χ1) is 8.91. The fraction of sp³-hybridized carbons (Fsp3) is 0.143. The first-order valence-electron chi connectivity index (χ1n) is 4.90. The van der Waals surface area contributed by atoms with Gasteiger partial charge in [0.1, 0.15) is 0 Å². The molecule has 5 N–H and O–H groups in total. The van der Waals surface area contributed by atoms with Gasteiger partial charge in [0.2, 0.25) is 10.0 Å². The highest BCUT2D eigenvalue weighted by Gasteiger charge is 2.34. The molecule has 1 aromatic carbocycles. The zero-order valence-electron chi connectivity index (χ0n) is 9.72. The summed E-state index contributed by atoms with van der Waals surface area (Å²) >= 11 is 0. The number of fused-ring (bicyclic) bond motifs is 1. The Morgan fingerprint density at radius 1 is 1.15 bits per heavy atom. The van der Waals surface area contributed by atoms with Crippen LogP contribution in [0.2, 0.25) is 0 Å². The topological polar surface area (TPSA) is 170 Å². The van der Waals surface area contributed by atoms with Gasteiger partial charge in [0.15, 0.2) is 0 Å². The number of hydrogen-bond donors (Lipinski definition) is 3. The maximum absolute atomic E-state index is 11.9. The number of hydrogen-bond acceptors (Lipinski definition) is 6. The Morgan fingerprint density at radius 3 is 2.25 bits per heavy atom. The van der Waals surface area contributed by atoms with E-state index in [2.05, 4.69) is 0 Å². The van der Waals surface area contributed by atoms with Crippen molar-refractivity contribution in [2.75, 3.05) is 0 Å². The lowest BCUT2D eigenvalue weighted by molar-refractivity contribution is 0.357. The average Bonchev–Trinajstić information content (AvgIpc) is 2.25. The van der Waals surface area contributed by atoms with Crippen LogP contribution < -0.4 is 15.1 Å². The smallest absolute Gasteiger partial charge is 0.225 e. The van der Waals surface area contributed by atoms with Gasteiger partial charge < -0.3 is 0 Å². The first-order valence-corrected chi connectivity index (χ1v) is 9.43. The van der Waals surface area contributed by atoms with E-state index in [0.29, 0.717) is 4.41 Å². The molecular weight excluding hydrogens is 332 g/mol. The predicted molar refractivity (Wildman–Crippen MR) is 66.8 cm³/mol. The van der Waals surface area contributed by atoms with Crippen molar-refractivity contribution in [3.8, 4) is 0 Å². The highest BCUT2D eigenvalue weighted by molar-refractivity contribution is 7.91. The van der Waals surface area contributed by atoms with Gasteiger partial charge in [-0.15, -0.1) is 9.25 Å². The normalized spacial score (nSPS) is 19.5. The van der Waals surface area contributed by atoms with E-state index in [1.807, 2.05) is 0 Å². The molecule has 2 rings (SSSR count).